The summed E-state index contributed by atoms with van der Waals surface area (Å²) in [7, 11) is 1.68. The van der Waals surface area contributed by atoms with Crippen molar-refractivity contribution >= 4 is 66.0 Å². The van der Waals surface area contributed by atoms with E-state index in [9.17, 15) is 9.59 Å². The quantitative estimate of drug-likeness (QED) is 0.576. The van der Waals surface area contributed by atoms with Crippen LogP contribution in [0.1, 0.15) is 9.67 Å². The number of para-hydroxylation sites is 1. The number of halogens is 1. The van der Waals surface area contributed by atoms with Gasteiger partial charge in [-0.05, 0) is 34.1 Å². The Morgan fingerprint density at radius 1 is 1.40 bits per heavy atom. The number of ether oxygens (including phenoxy) is 1. The zero-order valence-corrected chi connectivity index (χ0v) is 16.2. The summed E-state index contributed by atoms with van der Waals surface area (Å²) in [4.78, 5) is 32.9. The van der Waals surface area contributed by atoms with Gasteiger partial charge in [0.05, 0.1) is 16.8 Å². The van der Waals surface area contributed by atoms with Crippen LogP contribution in [0.3, 0.4) is 0 Å². The second-order valence-corrected chi connectivity index (χ2v) is 8.32. The average Bonchev–Trinajstić information content (AvgIpc) is 3.26. The van der Waals surface area contributed by atoms with Crippen LogP contribution in [0.15, 0.2) is 40.2 Å². The van der Waals surface area contributed by atoms with Gasteiger partial charge in [-0.1, -0.05) is 23.5 Å². The van der Waals surface area contributed by atoms with Gasteiger partial charge in [0, 0.05) is 16.9 Å². The molecule has 25 heavy (non-hydrogen) atoms. The number of urea groups is 1. The number of thiazole rings is 1. The van der Waals surface area contributed by atoms with E-state index < -0.39 is 12.2 Å². The molecule has 1 saturated heterocycles. The van der Waals surface area contributed by atoms with Crippen molar-refractivity contribution in [3.8, 4) is 0 Å². The first-order valence-corrected chi connectivity index (χ1v) is 9.87. The van der Waals surface area contributed by atoms with E-state index in [0.29, 0.717) is 16.6 Å². The van der Waals surface area contributed by atoms with E-state index in [1.807, 2.05) is 29.6 Å². The van der Waals surface area contributed by atoms with Gasteiger partial charge in [0.15, 0.2) is 5.13 Å². The Hall–Kier alpha value is -1.97. The molecule has 1 aromatic carbocycles. The van der Waals surface area contributed by atoms with Gasteiger partial charge >= 0.3 is 12.0 Å². The van der Waals surface area contributed by atoms with E-state index >= 15 is 0 Å². The number of nitrogens with zero attached hydrogens (tertiary/aromatic N) is 3. The molecule has 2 aromatic heterocycles. The highest BCUT2D eigenvalue weighted by Gasteiger charge is 2.40. The van der Waals surface area contributed by atoms with Gasteiger partial charge in [0.2, 0.25) is 6.23 Å². The molecular weight excluding hydrogens is 426 g/mol. The van der Waals surface area contributed by atoms with E-state index in [-0.39, 0.29) is 6.03 Å². The minimum absolute atomic E-state index is 0.232. The maximum absolute atomic E-state index is 12.5. The number of esters is 1. The number of likely N-dealkylation sites (N-methyl/N-ethyl adjacent to an activating group) is 1. The molecule has 0 aliphatic carbocycles. The van der Waals surface area contributed by atoms with Crippen molar-refractivity contribution in [3.63, 3.8) is 0 Å². The number of hydrogen-bond donors (Lipinski definition) is 0. The number of carbonyl (C=O) groups excluding carboxylic acids is 2. The molecule has 1 atom stereocenters. The first-order chi connectivity index (χ1) is 12.0. The Morgan fingerprint density at radius 2 is 2.20 bits per heavy atom. The SMILES string of the molecule is CN1CC(OC(=O)c2cc(Br)cs2)N(c2nc3ccccc3s2)C1=O. The molecule has 6 nitrogen and oxygen atoms in total. The average molecular weight is 438 g/mol. The predicted octanol–water partition coefficient (Wildman–Crippen LogP) is 4.18. The number of aromatic nitrogens is 1. The first kappa shape index (κ1) is 16.5. The van der Waals surface area contributed by atoms with E-state index in [1.54, 1.807) is 13.1 Å². The molecule has 1 fully saturated rings. The van der Waals surface area contributed by atoms with Crippen LogP contribution in [0.5, 0.6) is 0 Å². The van der Waals surface area contributed by atoms with Crippen LogP contribution < -0.4 is 4.90 Å². The van der Waals surface area contributed by atoms with Crippen LogP contribution in [0.2, 0.25) is 0 Å². The third-order valence-electron chi connectivity index (χ3n) is 3.75. The number of rotatable bonds is 3. The van der Waals surface area contributed by atoms with Gasteiger partial charge in [-0.3, -0.25) is 0 Å². The first-order valence-electron chi connectivity index (χ1n) is 7.38. The van der Waals surface area contributed by atoms with Gasteiger partial charge < -0.3 is 9.64 Å². The lowest BCUT2D eigenvalue weighted by atomic mass is 10.3. The van der Waals surface area contributed by atoms with Crippen LogP contribution in [-0.4, -0.2) is 41.7 Å². The minimum atomic E-state index is -0.702. The molecule has 0 bridgehead atoms. The lowest BCUT2D eigenvalue weighted by Crippen LogP contribution is -2.37. The largest absolute Gasteiger partial charge is 0.435 e. The van der Waals surface area contributed by atoms with Crippen molar-refractivity contribution in [1.82, 2.24) is 9.88 Å². The predicted molar refractivity (Wildman–Crippen MR) is 101 cm³/mol. The molecule has 9 heteroatoms. The van der Waals surface area contributed by atoms with Crippen LogP contribution in [-0.2, 0) is 4.74 Å². The highest BCUT2D eigenvalue weighted by atomic mass is 79.9. The third-order valence-corrected chi connectivity index (χ3v) is 6.46. The van der Waals surface area contributed by atoms with Crippen molar-refractivity contribution in [2.75, 3.05) is 18.5 Å². The highest BCUT2D eigenvalue weighted by molar-refractivity contribution is 9.10. The van der Waals surface area contributed by atoms with Crippen molar-refractivity contribution in [2.24, 2.45) is 0 Å². The van der Waals surface area contributed by atoms with Crippen molar-refractivity contribution in [2.45, 2.75) is 6.23 Å². The van der Waals surface area contributed by atoms with Crippen LogP contribution in [0.25, 0.3) is 10.2 Å². The van der Waals surface area contributed by atoms with Crippen LogP contribution in [0, 0.1) is 0 Å². The number of hydrogen-bond acceptors (Lipinski definition) is 6. The topological polar surface area (TPSA) is 62.7 Å². The summed E-state index contributed by atoms with van der Waals surface area (Å²) < 4.78 is 7.40. The maximum Gasteiger partial charge on any atom is 0.350 e. The maximum atomic E-state index is 12.5. The van der Waals surface area contributed by atoms with Gasteiger partial charge in [0.25, 0.3) is 0 Å². The smallest absolute Gasteiger partial charge is 0.350 e. The molecule has 0 spiro atoms. The third kappa shape index (κ3) is 3.03. The molecule has 3 aromatic rings. The standard InChI is InChI=1S/C16H12BrN3O3S2/c1-19-7-13(23-14(21)12-6-9(17)8-24-12)20(16(19)22)15-18-10-4-2-3-5-11(10)25-15/h2-6,8,13H,7H2,1H3. The number of benzene rings is 1. The molecule has 128 valence electrons. The number of carbonyl (C=O) groups is 2. The monoisotopic (exact) mass is 437 g/mol. The Balaban J connectivity index is 1.64. The summed E-state index contributed by atoms with van der Waals surface area (Å²) in [6, 6.07) is 9.14. The Labute approximate surface area is 159 Å². The number of fused-ring (bicyclic) bond motifs is 1. The fourth-order valence-corrected chi connectivity index (χ4v) is 4.87. The van der Waals surface area contributed by atoms with Gasteiger partial charge in [-0.2, -0.15) is 0 Å². The fraction of sp³-hybridized carbons (Fsp3) is 0.188. The van der Waals surface area contributed by atoms with E-state index in [2.05, 4.69) is 20.9 Å². The molecule has 1 aliphatic rings. The van der Waals surface area contributed by atoms with E-state index in [0.717, 1.165) is 14.7 Å². The molecule has 0 N–H and O–H groups in total. The zero-order chi connectivity index (χ0) is 17.6. The van der Waals surface area contributed by atoms with Crippen molar-refractivity contribution < 1.29 is 14.3 Å². The molecule has 2 amide bonds. The summed E-state index contributed by atoms with van der Waals surface area (Å²) >= 11 is 6.02. The Kier molecular flexibility index (Phi) is 4.22. The highest BCUT2D eigenvalue weighted by Crippen LogP contribution is 2.33. The molecule has 1 aliphatic heterocycles. The number of thiophene rings is 1. The van der Waals surface area contributed by atoms with Gasteiger partial charge in [0.1, 0.15) is 4.88 Å². The lowest BCUT2D eigenvalue weighted by molar-refractivity contribution is 0.0337. The minimum Gasteiger partial charge on any atom is -0.435 e. The fourth-order valence-electron chi connectivity index (χ4n) is 2.56. The van der Waals surface area contributed by atoms with Crippen LogP contribution in [0.4, 0.5) is 9.93 Å². The Bertz CT molecular complexity index is 937. The molecule has 3 heterocycles. The summed E-state index contributed by atoms with van der Waals surface area (Å²) in [6.45, 7) is 0.299. The van der Waals surface area contributed by atoms with E-state index in [4.69, 9.17) is 4.74 Å². The lowest BCUT2D eigenvalue weighted by Gasteiger charge is -2.19. The second-order valence-electron chi connectivity index (χ2n) is 5.49. The van der Waals surface area contributed by atoms with Crippen LogP contribution >= 0.6 is 38.6 Å². The van der Waals surface area contributed by atoms with E-state index in [1.165, 1.54) is 32.5 Å². The Morgan fingerprint density at radius 3 is 2.92 bits per heavy atom. The van der Waals surface area contributed by atoms with Crippen molar-refractivity contribution in [3.05, 3.63) is 45.1 Å². The molecule has 1 unspecified atom stereocenters. The van der Waals surface area contributed by atoms with Crippen molar-refractivity contribution in [1.29, 1.82) is 0 Å². The number of amides is 2. The summed E-state index contributed by atoms with van der Waals surface area (Å²) in [5.74, 6) is -0.449. The normalized spacial score (nSPS) is 17.5. The molecule has 0 saturated carbocycles. The molecular formula is C16H12BrN3O3S2. The second kappa shape index (κ2) is 6.40. The molecule has 4 rings (SSSR count). The summed E-state index contributed by atoms with van der Waals surface area (Å²) in [5, 5.41) is 2.34. The summed E-state index contributed by atoms with van der Waals surface area (Å²) in [5.41, 5.74) is 0.817. The van der Waals surface area contributed by atoms with Gasteiger partial charge in [-0.25, -0.2) is 19.5 Å². The van der Waals surface area contributed by atoms with Gasteiger partial charge in [-0.15, -0.1) is 11.3 Å². The zero-order valence-electron chi connectivity index (χ0n) is 13.0. The number of anilines is 1. The summed E-state index contributed by atoms with van der Waals surface area (Å²) in [6.07, 6.45) is -0.702. The molecule has 0 radical (unpaired) electrons.